The molecule has 32 heavy (non-hydrogen) atoms. The van der Waals surface area contributed by atoms with E-state index >= 15 is 0 Å². The number of nitrogens with one attached hydrogen (secondary N) is 1. The zero-order chi connectivity index (χ0) is 22.8. The Balaban J connectivity index is 1.36. The summed E-state index contributed by atoms with van der Waals surface area (Å²) in [6.07, 6.45) is -0.256. The molecule has 0 bridgehead atoms. The second kappa shape index (κ2) is 11.4. The van der Waals surface area contributed by atoms with Gasteiger partial charge in [-0.05, 0) is 54.1 Å². The highest BCUT2D eigenvalue weighted by atomic mass is 19.1. The quantitative estimate of drug-likeness (QED) is 0.373. The number of hydrogen-bond donors (Lipinski definition) is 1. The van der Waals surface area contributed by atoms with Gasteiger partial charge in [-0.25, -0.2) is 4.39 Å². The topological polar surface area (TPSA) is 81.7 Å². The van der Waals surface area contributed by atoms with Crippen molar-refractivity contribution in [2.45, 2.75) is 19.4 Å². The van der Waals surface area contributed by atoms with Crippen molar-refractivity contribution >= 4 is 23.3 Å². The zero-order valence-corrected chi connectivity index (χ0v) is 17.3. The highest BCUT2D eigenvalue weighted by molar-refractivity contribution is 5.98. The summed E-state index contributed by atoms with van der Waals surface area (Å²) in [7, 11) is 0. The number of rotatable bonds is 10. The Morgan fingerprint density at radius 1 is 0.812 bits per heavy atom. The number of ketones is 1. The van der Waals surface area contributed by atoms with E-state index < -0.39 is 24.3 Å². The minimum absolute atomic E-state index is 0.0868. The highest BCUT2D eigenvalue weighted by Gasteiger charge is 2.12. The molecule has 6 nitrogen and oxygen atoms in total. The number of anilines is 1. The molecule has 0 radical (unpaired) electrons. The minimum Gasteiger partial charge on any atom is -0.489 e. The average molecular weight is 435 g/mol. The van der Waals surface area contributed by atoms with Crippen molar-refractivity contribution in [3.63, 3.8) is 0 Å². The number of ether oxygens (including phenoxy) is 2. The van der Waals surface area contributed by atoms with Gasteiger partial charge in [-0.15, -0.1) is 0 Å². The van der Waals surface area contributed by atoms with Crippen LogP contribution in [-0.4, -0.2) is 24.3 Å². The molecule has 1 N–H and O–H groups in total. The van der Waals surface area contributed by atoms with Gasteiger partial charge in [0.25, 0.3) is 5.91 Å². The fraction of sp³-hybridized carbons (Fsp3) is 0.160. The van der Waals surface area contributed by atoms with Crippen LogP contribution in [0.1, 0.15) is 28.8 Å². The van der Waals surface area contributed by atoms with Gasteiger partial charge in [0.2, 0.25) is 0 Å². The van der Waals surface area contributed by atoms with Crippen LogP contribution < -0.4 is 10.1 Å². The standard InChI is InChI=1S/C25H22FNO5/c26-20-8-6-19(7-9-20)23(28)14-15-25(30)32-17-24(29)27-21-10-12-22(13-11-21)31-16-18-4-2-1-3-5-18/h1-13H,14-17H2,(H,27,29). The second-order valence-electron chi connectivity index (χ2n) is 6.94. The minimum atomic E-state index is -0.666. The molecule has 1 amide bonds. The summed E-state index contributed by atoms with van der Waals surface area (Å²) in [6.45, 7) is -0.0258. The highest BCUT2D eigenvalue weighted by Crippen LogP contribution is 2.17. The van der Waals surface area contributed by atoms with Crippen molar-refractivity contribution in [1.82, 2.24) is 0 Å². The van der Waals surface area contributed by atoms with Crippen molar-refractivity contribution < 1.29 is 28.2 Å². The Labute approximate surface area is 185 Å². The number of carbonyl (C=O) groups is 3. The van der Waals surface area contributed by atoms with Crippen molar-refractivity contribution in [3.05, 3.63) is 95.8 Å². The van der Waals surface area contributed by atoms with Crippen LogP contribution in [0.5, 0.6) is 5.75 Å². The summed E-state index contributed by atoms with van der Waals surface area (Å²) in [5.41, 5.74) is 1.89. The molecule has 0 fully saturated rings. The van der Waals surface area contributed by atoms with Crippen LogP contribution in [0.3, 0.4) is 0 Å². The van der Waals surface area contributed by atoms with Gasteiger partial charge in [0.15, 0.2) is 12.4 Å². The molecular formula is C25H22FNO5. The van der Waals surface area contributed by atoms with Crippen LogP contribution in [0, 0.1) is 5.82 Å². The SMILES string of the molecule is O=C(COC(=O)CCC(=O)c1ccc(F)cc1)Nc1ccc(OCc2ccccc2)cc1. The summed E-state index contributed by atoms with van der Waals surface area (Å²) in [5, 5.41) is 2.62. The van der Waals surface area contributed by atoms with E-state index in [1.54, 1.807) is 24.3 Å². The van der Waals surface area contributed by atoms with Gasteiger partial charge in [-0.1, -0.05) is 30.3 Å². The molecule has 3 aromatic carbocycles. The molecule has 7 heteroatoms. The van der Waals surface area contributed by atoms with Gasteiger partial charge in [-0.3, -0.25) is 14.4 Å². The Morgan fingerprint density at radius 2 is 1.50 bits per heavy atom. The number of benzene rings is 3. The van der Waals surface area contributed by atoms with E-state index in [1.807, 2.05) is 30.3 Å². The smallest absolute Gasteiger partial charge is 0.306 e. The zero-order valence-electron chi connectivity index (χ0n) is 17.3. The third-order valence-corrected chi connectivity index (χ3v) is 4.47. The van der Waals surface area contributed by atoms with E-state index in [-0.39, 0.29) is 18.6 Å². The fourth-order valence-electron chi connectivity index (χ4n) is 2.79. The average Bonchev–Trinajstić information content (AvgIpc) is 2.82. The molecule has 0 aliphatic heterocycles. The molecule has 0 saturated carbocycles. The van der Waals surface area contributed by atoms with Crippen molar-refractivity contribution in [2.24, 2.45) is 0 Å². The van der Waals surface area contributed by atoms with Crippen LogP contribution in [0.2, 0.25) is 0 Å². The van der Waals surface area contributed by atoms with E-state index in [0.29, 0.717) is 23.6 Å². The molecular weight excluding hydrogens is 413 g/mol. The van der Waals surface area contributed by atoms with Crippen molar-refractivity contribution in [1.29, 1.82) is 0 Å². The van der Waals surface area contributed by atoms with E-state index in [1.165, 1.54) is 24.3 Å². The van der Waals surface area contributed by atoms with Gasteiger partial charge >= 0.3 is 5.97 Å². The summed E-state index contributed by atoms with van der Waals surface area (Å²) in [4.78, 5) is 35.7. The first-order valence-electron chi connectivity index (χ1n) is 10.0. The molecule has 164 valence electrons. The number of halogens is 1. The first-order valence-corrected chi connectivity index (χ1v) is 10.0. The molecule has 0 unspecified atom stereocenters. The summed E-state index contributed by atoms with van der Waals surface area (Å²) >= 11 is 0. The van der Waals surface area contributed by atoms with Gasteiger partial charge in [0.05, 0.1) is 6.42 Å². The number of amides is 1. The number of hydrogen-bond acceptors (Lipinski definition) is 5. The van der Waals surface area contributed by atoms with Crippen LogP contribution in [0.25, 0.3) is 0 Å². The predicted octanol–water partition coefficient (Wildman–Crippen LogP) is 4.55. The number of esters is 1. The maximum Gasteiger partial charge on any atom is 0.306 e. The van der Waals surface area contributed by atoms with Gasteiger partial charge in [0.1, 0.15) is 18.2 Å². The van der Waals surface area contributed by atoms with Gasteiger partial charge < -0.3 is 14.8 Å². The number of carbonyl (C=O) groups excluding carboxylic acids is 3. The van der Waals surface area contributed by atoms with Crippen LogP contribution in [0.4, 0.5) is 10.1 Å². The third-order valence-electron chi connectivity index (χ3n) is 4.47. The fourth-order valence-corrected chi connectivity index (χ4v) is 2.79. The Morgan fingerprint density at radius 3 is 2.19 bits per heavy atom. The summed E-state index contributed by atoms with van der Waals surface area (Å²) in [6, 6.07) is 21.6. The second-order valence-corrected chi connectivity index (χ2v) is 6.94. The molecule has 0 heterocycles. The van der Waals surface area contributed by atoms with Crippen LogP contribution in [-0.2, 0) is 20.9 Å². The lowest BCUT2D eigenvalue weighted by atomic mass is 10.1. The molecule has 0 spiro atoms. The predicted molar refractivity (Wildman–Crippen MR) is 117 cm³/mol. The number of Topliss-reactive ketones (excluding diaryl/α,β-unsaturated/α-hetero) is 1. The van der Waals surface area contributed by atoms with Crippen molar-refractivity contribution in [3.8, 4) is 5.75 Å². The van der Waals surface area contributed by atoms with E-state index in [0.717, 1.165) is 5.56 Å². The third kappa shape index (κ3) is 7.36. The molecule has 0 aromatic heterocycles. The molecule has 0 atom stereocenters. The van der Waals surface area contributed by atoms with Crippen molar-refractivity contribution in [2.75, 3.05) is 11.9 Å². The lowest BCUT2D eigenvalue weighted by molar-refractivity contribution is -0.147. The molecule has 3 rings (SSSR count). The largest absolute Gasteiger partial charge is 0.489 e. The van der Waals surface area contributed by atoms with Crippen LogP contribution in [0.15, 0.2) is 78.9 Å². The first kappa shape index (κ1) is 22.7. The molecule has 3 aromatic rings. The van der Waals surface area contributed by atoms with Crippen LogP contribution >= 0.6 is 0 Å². The lowest BCUT2D eigenvalue weighted by Crippen LogP contribution is -2.21. The molecule has 0 aliphatic rings. The summed E-state index contributed by atoms with van der Waals surface area (Å²) in [5.74, 6) is -1.26. The van der Waals surface area contributed by atoms with Gasteiger partial charge in [-0.2, -0.15) is 0 Å². The molecule has 0 aliphatic carbocycles. The Bertz CT molecular complexity index is 1050. The monoisotopic (exact) mass is 435 g/mol. The van der Waals surface area contributed by atoms with E-state index in [2.05, 4.69) is 5.32 Å². The maximum atomic E-state index is 12.9. The Hall–Kier alpha value is -4.00. The lowest BCUT2D eigenvalue weighted by Gasteiger charge is -2.09. The van der Waals surface area contributed by atoms with E-state index in [4.69, 9.17) is 9.47 Å². The maximum absolute atomic E-state index is 12.9. The first-order chi connectivity index (χ1) is 15.5. The Kier molecular flexibility index (Phi) is 8.09. The van der Waals surface area contributed by atoms with Gasteiger partial charge in [0, 0.05) is 17.7 Å². The summed E-state index contributed by atoms with van der Waals surface area (Å²) < 4.78 is 23.5. The molecule has 0 saturated heterocycles. The normalized spacial score (nSPS) is 10.3. The van der Waals surface area contributed by atoms with E-state index in [9.17, 15) is 18.8 Å².